The van der Waals surface area contributed by atoms with E-state index in [9.17, 15) is 30.7 Å². The van der Waals surface area contributed by atoms with E-state index in [2.05, 4.69) is 0 Å². The van der Waals surface area contributed by atoms with Gasteiger partial charge in [0.25, 0.3) is 0 Å². The Morgan fingerprint density at radius 2 is 1.50 bits per heavy atom. The zero-order valence-electron chi connectivity index (χ0n) is 11.4. The Labute approximate surface area is 136 Å². The van der Waals surface area contributed by atoms with Crippen LogP contribution in [0.5, 0.6) is 0 Å². The third-order valence-electron chi connectivity index (χ3n) is 3.27. The van der Waals surface area contributed by atoms with E-state index in [4.69, 9.17) is 4.74 Å². The summed E-state index contributed by atoms with van der Waals surface area (Å²) in [6.07, 6.45) is -8.17. The Kier molecular flexibility index (Phi) is 5.43. The number of rotatable bonds is 5. The first kappa shape index (κ1) is 19.5. The van der Waals surface area contributed by atoms with Crippen molar-refractivity contribution in [2.45, 2.75) is 37.0 Å². The van der Waals surface area contributed by atoms with Crippen molar-refractivity contribution in [3.05, 3.63) is 33.4 Å². The summed E-state index contributed by atoms with van der Waals surface area (Å²) in [5, 5.41) is 0. The summed E-state index contributed by atoms with van der Waals surface area (Å²) in [4.78, 5) is 0. The van der Waals surface area contributed by atoms with Crippen LogP contribution in [-0.2, 0) is 10.3 Å². The minimum Gasteiger partial charge on any atom is -0.374 e. The van der Waals surface area contributed by atoms with Gasteiger partial charge in [-0.3, -0.25) is 0 Å². The average molecular weight is 444 g/mol. The number of halogens is 8. The molecule has 0 radical (unpaired) electrons. The predicted molar refractivity (Wildman–Crippen MR) is 74.1 cm³/mol. The summed E-state index contributed by atoms with van der Waals surface area (Å²) in [5.41, 5.74) is -1.90. The van der Waals surface area contributed by atoms with Gasteiger partial charge >= 0.3 is 18.0 Å². The second-order valence-electron chi connectivity index (χ2n) is 4.87. The molecule has 1 atom stereocenters. The van der Waals surface area contributed by atoms with Crippen LogP contribution in [0.1, 0.15) is 18.9 Å². The molecule has 1 rings (SSSR count). The number of alkyl halides is 7. The minimum atomic E-state index is -6.35. The number of hydrogen-bond acceptors (Lipinski definition) is 1. The average Bonchev–Trinajstić information content (AvgIpc) is 2.37. The fourth-order valence-corrected chi connectivity index (χ4v) is 2.87. The van der Waals surface area contributed by atoms with Crippen LogP contribution in [0.2, 0.25) is 0 Å². The van der Waals surface area contributed by atoms with Gasteiger partial charge < -0.3 is 4.74 Å². The van der Waals surface area contributed by atoms with Crippen molar-refractivity contribution in [1.82, 2.24) is 0 Å². The first-order chi connectivity index (χ1) is 9.78. The molecule has 0 fully saturated rings. The molecule has 0 aliphatic carbocycles. The maximum atomic E-state index is 13.6. The molecule has 22 heavy (non-hydrogen) atoms. The van der Waals surface area contributed by atoms with E-state index in [1.54, 1.807) is 28.7 Å². The normalized spacial score (nSPS) is 16.5. The Balaban J connectivity index is 3.26. The van der Waals surface area contributed by atoms with Crippen LogP contribution in [0, 0.1) is 3.57 Å². The van der Waals surface area contributed by atoms with Crippen molar-refractivity contribution in [3.63, 3.8) is 0 Å². The van der Waals surface area contributed by atoms with Crippen LogP contribution in [0.25, 0.3) is 0 Å². The highest BCUT2D eigenvalue weighted by molar-refractivity contribution is 14.1. The first-order valence-corrected chi connectivity index (χ1v) is 6.99. The van der Waals surface area contributed by atoms with Gasteiger partial charge in [-0.25, -0.2) is 0 Å². The van der Waals surface area contributed by atoms with E-state index >= 15 is 0 Å². The van der Waals surface area contributed by atoms with E-state index in [0.29, 0.717) is 3.57 Å². The molecule has 0 saturated heterocycles. The van der Waals surface area contributed by atoms with Crippen LogP contribution in [0.4, 0.5) is 30.7 Å². The molecule has 1 nitrogen and oxygen atoms in total. The summed E-state index contributed by atoms with van der Waals surface area (Å²) in [6, 6.07) is 5.87. The molecule has 1 unspecified atom stereocenters. The van der Waals surface area contributed by atoms with Gasteiger partial charge in [0, 0.05) is 10.7 Å². The van der Waals surface area contributed by atoms with Gasteiger partial charge in [-0.15, -0.1) is 0 Å². The molecule has 9 heteroatoms. The highest BCUT2D eigenvalue weighted by Gasteiger charge is 2.73. The Hall–Kier alpha value is -0.580. The van der Waals surface area contributed by atoms with Crippen LogP contribution in [0.3, 0.4) is 0 Å². The van der Waals surface area contributed by atoms with E-state index in [1.807, 2.05) is 0 Å². The molecule has 0 amide bonds. The summed E-state index contributed by atoms with van der Waals surface area (Å²) in [7, 11) is 0.977. The summed E-state index contributed by atoms with van der Waals surface area (Å²) in [6.45, 7) is 1.05. The van der Waals surface area contributed by atoms with Crippen molar-refractivity contribution in [1.29, 1.82) is 0 Å². The maximum Gasteiger partial charge on any atom is 0.459 e. The lowest BCUT2D eigenvalue weighted by molar-refractivity contribution is -0.362. The third-order valence-corrected chi connectivity index (χ3v) is 4.21. The predicted octanol–water partition coefficient (Wildman–Crippen LogP) is 5.38. The van der Waals surface area contributed by atoms with Crippen molar-refractivity contribution in [2.75, 3.05) is 7.11 Å². The molecule has 1 aromatic rings. The molecule has 0 aliphatic rings. The fourth-order valence-electron chi connectivity index (χ4n) is 1.91. The highest BCUT2D eigenvalue weighted by Crippen LogP contribution is 2.51. The van der Waals surface area contributed by atoms with Crippen molar-refractivity contribution < 1.29 is 35.5 Å². The van der Waals surface area contributed by atoms with Gasteiger partial charge in [-0.2, -0.15) is 30.7 Å². The van der Waals surface area contributed by atoms with Crippen molar-refractivity contribution >= 4 is 22.6 Å². The highest BCUT2D eigenvalue weighted by atomic mass is 127. The van der Waals surface area contributed by atoms with Crippen LogP contribution >= 0.6 is 22.6 Å². The second kappa shape index (κ2) is 6.14. The molecular formula is C13H12F7IO. The van der Waals surface area contributed by atoms with E-state index in [-0.39, 0.29) is 5.56 Å². The zero-order chi connectivity index (χ0) is 17.4. The lowest BCUT2D eigenvalue weighted by Gasteiger charge is -2.36. The van der Waals surface area contributed by atoms with Crippen molar-refractivity contribution in [3.8, 4) is 0 Å². The van der Waals surface area contributed by atoms with E-state index in [1.165, 1.54) is 18.2 Å². The quantitative estimate of drug-likeness (QED) is 0.438. The second-order valence-corrected chi connectivity index (χ2v) is 6.03. The van der Waals surface area contributed by atoms with Gasteiger partial charge in [-0.05, 0) is 41.1 Å². The Morgan fingerprint density at radius 1 is 1.00 bits per heavy atom. The van der Waals surface area contributed by atoms with E-state index < -0.39 is 30.0 Å². The smallest absolute Gasteiger partial charge is 0.374 e. The molecule has 0 bridgehead atoms. The summed E-state index contributed by atoms with van der Waals surface area (Å²) < 4.78 is 95.3. The summed E-state index contributed by atoms with van der Waals surface area (Å²) >= 11 is 1.76. The molecule has 0 spiro atoms. The Bertz CT molecular complexity index is 529. The van der Waals surface area contributed by atoms with E-state index in [0.717, 1.165) is 14.0 Å². The molecule has 1 aromatic carbocycles. The first-order valence-electron chi connectivity index (χ1n) is 5.91. The number of benzene rings is 1. The molecule has 0 saturated carbocycles. The molecule has 0 aliphatic heterocycles. The van der Waals surface area contributed by atoms with Crippen molar-refractivity contribution in [2.24, 2.45) is 0 Å². The van der Waals surface area contributed by atoms with Crippen LogP contribution in [0.15, 0.2) is 24.3 Å². The van der Waals surface area contributed by atoms with Gasteiger partial charge in [-0.1, -0.05) is 18.2 Å². The maximum absolute atomic E-state index is 13.6. The zero-order valence-corrected chi connectivity index (χ0v) is 13.6. The van der Waals surface area contributed by atoms with Gasteiger partial charge in [0.15, 0.2) is 0 Å². The standard InChI is InChI=1S/C13H12F7IO/c1-10(22-2,8-5-3-4-6-9(8)21)7-11(14,15)12(16,17)13(18,19)20/h3-6H,7H2,1-2H3. The van der Waals surface area contributed by atoms with Gasteiger partial charge in [0.2, 0.25) is 0 Å². The molecule has 126 valence electrons. The number of methoxy groups -OCH3 is 1. The molecule has 0 N–H and O–H groups in total. The van der Waals surface area contributed by atoms with Crippen LogP contribution in [-0.4, -0.2) is 25.1 Å². The molecular weight excluding hydrogens is 432 g/mol. The minimum absolute atomic E-state index is 0.107. The summed E-state index contributed by atoms with van der Waals surface area (Å²) in [5.74, 6) is -11.5. The van der Waals surface area contributed by atoms with Gasteiger partial charge in [0.05, 0.1) is 12.0 Å². The SMILES string of the molecule is COC(C)(CC(F)(F)C(F)(F)C(F)(F)F)c1ccccc1I. The fraction of sp³-hybridized carbons (Fsp3) is 0.538. The topological polar surface area (TPSA) is 9.23 Å². The van der Waals surface area contributed by atoms with Gasteiger partial charge in [0.1, 0.15) is 0 Å². The number of hydrogen-bond donors (Lipinski definition) is 0. The Morgan fingerprint density at radius 3 is 1.91 bits per heavy atom. The molecule has 0 heterocycles. The third kappa shape index (κ3) is 3.50. The largest absolute Gasteiger partial charge is 0.459 e. The lowest BCUT2D eigenvalue weighted by atomic mass is 9.87. The monoisotopic (exact) mass is 444 g/mol. The lowest BCUT2D eigenvalue weighted by Crippen LogP contribution is -2.54. The molecule has 0 aromatic heterocycles. The van der Waals surface area contributed by atoms with Crippen LogP contribution < -0.4 is 0 Å². The number of ether oxygens (including phenoxy) is 1.